The molecule has 7 heteroatoms. The number of unbranched alkanes of at least 4 members (excludes halogenated alkanes) is 2. The summed E-state index contributed by atoms with van der Waals surface area (Å²) in [6.45, 7) is 2.70. The van der Waals surface area contributed by atoms with Crippen LogP contribution in [0.2, 0.25) is 0 Å². The number of hydrogen-bond donors (Lipinski definition) is 2. The summed E-state index contributed by atoms with van der Waals surface area (Å²) in [6.07, 6.45) is 5.24. The Morgan fingerprint density at radius 2 is 1.96 bits per heavy atom. The van der Waals surface area contributed by atoms with E-state index in [1.54, 1.807) is 17.0 Å². The monoisotopic (exact) mass is 396 g/mol. The van der Waals surface area contributed by atoms with Gasteiger partial charge >= 0.3 is 0 Å². The Hall–Kier alpha value is -1.92. The second kappa shape index (κ2) is 11.7. The van der Waals surface area contributed by atoms with E-state index in [1.807, 2.05) is 20.0 Å². The number of nitrogens with two attached hydrogens (primary N) is 1. The number of rotatable bonds is 10. The van der Waals surface area contributed by atoms with E-state index in [-0.39, 0.29) is 30.2 Å². The fourth-order valence-corrected chi connectivity index (χ4v) is 2.77. The molecular formula is C20H30ClFN4O. The second-order valence-electron chi connectivity index (χ2n) is 6.93. The lowest BCUT2D eigenvalue weighted by Crippen LogP contribution is -2.29. The van der Waals surface area contributed by atoms with Crippen LogP contribution in [-0.2, 0) is 11.2 Å². The molecule has 150 valence electrons. The molecule has 1 atom stereocenters. The Morgan fingerprint density at radius 1 is 1.26 bits per heavy atom. The number of H-pyrrole nitrogens is 1. The first-order chi connectivity index (χ1) is 12.5. The number of aryl methyl sites for hydroxylation is 1. The number of aromatic nitrogens is 2. The summed E-state index contributed by atoms with van der Waals surface area (Å²) in [5.74, 6) is -0.0784. The lowest BCUT2D eigenvalue weighted by molar-refractivity contribution is -0.130. The standard InChI is InChI=1S/C20H29FN4O.ClH/c1-15(22)7-12-20(26)25(2)13-5-3-4-6-18-14-19(24-23-18)16-8-10-17(21)11-9-16;/h8-11,14-15H,3-7,12-13,22H2,1-2H3,(H,23,24);1H. The third-order valence-corrected chi connectivity index (χ3v) is 4.45. The van der Waals surface area contributed by atoms with Crippen LogP contribution in [0.3, 0.4) is 0 Å². The van der Waals surface area contributed by atoms with Gasteiger partial charge in [0, 0.05) is 37.3 Å². The first-order valence-corrected chi connectivity index (χ1v) is 9.25. The van der Waals surface area contributed by atoms with Crippen molar-refractivity contribution in [1.29, 1.82) is 0 Å². The van der Waals surface area contributed by atoms with Gasteiger partial charge in [-0.15, -0.1) is 12.4 Å². The van der Waals surface area contributed by atoms with E-state index in [0.717, 1.165) is 55.6 Å². The Bertz CT molecular complexity index is 688. The number of halogens is 2. The molecule has 0 aliphatic rings. The molecule has 1 unspecified atom stereocenters. The van der Waals surface area contributed by atoms with Gasteiger partial charge in [-0.05, 0) is 62.9 Å². The van der Waals surface area contributed by atoms with Crippen molar-refractivity contribution in [1.82, 2.24) is 15.1 Å². The van der Waals surface area contributed by atoms with E-state index >= 15 is 0 Å². The summed E-state index contributed by atoms with van der Waals surface area (Å²) in [5.41, 5.74) is 8.50. The Kier molecular flexibility index (Phi) is 10.0. The Labute approximate surface area is 166 Å². The van der Waals surface area contributed by atoms with Gasteiger partial charge in [0.25, 0.3) is 0 Å². The van der Waals surface area contributed by atoms with Gasteiger partial charge in [-0.2, -0.15) is 5.10 Å². The molecule has 0 aliphatic carbocycles. The van der Waals surface area contributed by atoms with Crippen LogP contribution in [0, 0.1) is 5.82 Å². The number of carbonyl (C=O) groups excluding carboxylic acids is 1. The number of carbonyl (C=O) groups is 1. The maximum atomic E-state index is 13.0. The highest BCUT2D eigenvalue weighted by Crippen LogP contribution is 2.19. The minimum Gasteiger partial charge on any atom is -0.346 e. The van der Waals surface area contributed by atoms with Crippen molar-refractivity contribution in [2.75, 3.05) is 13.6 Å². The summed E-state index contributed by atoms with van der Waals surface area (Å²) in [6, 6.07) is 8.42. The predicted octanol–water partition coefficient (Wildman–Crippen LogP) is 3.94. The molecule has 1 amide bonds. The van der Waals surface area contributed by atoms with Gasteiger partial charge < -0.3 is 10.6 Å². The largest absolute Gasteiger partial charge is 0.346 e. The molecule has 1 heterocycles. The number of nitrogens with zero attached hydrogens (tertiary/aromatic N) is 2. The lowest BCUT2D eigenvalue weighted by Gasteiger charge is -2.17. The number of nitrogens with one attached hydrogen (secondary N) is 1. The van der Waals surface area contributed by atoms with Gasteiger partial charge in [0.05, 0.1) is 5.69 Å². The van der Waals surface area contributed by atoms with E-state index < -0.39 is 0 Å². The molecule has 0 aliphatic heterocycles. The van der Waals surface area contributed by atoms with Crippen LogP contribution in [0.15, 0.2) is 30.3 Å². The third-order valence-electron chi connectivity index (χ3n) is 4.45. The van der Waals surface area contributed by atoms with Gasteiger partial charge in [-0.3, -0.25) is 9.89 Å². The minimum absolute atomic E-state index is 0. The maximum absolute atomic E-state index is 13.0. The van der Waals surface area contributed by atoms with E-state index in [0.29, 0.717) is 6.42 Å². The molecule has 2 aromatic rings. The highest BCUT2D eigenvalue weighted by molar-refractivity contribution is 5.85. The molecule has 1 aromatic heterocycles. The lowest BCUT2D eigenvalue weighted by atomic mass is 10.1. The molecular weight excluding hydrogens is 367 g/mol. The zero-order valence-corrected chi connectivity index (χ0v) is 16.9. The molecule has 0 saturated carbocycles. The van der Waals surface area contributed by atoms with Crippen LogP contribution < -0.4 is 5.73 Å². The van der Waals surface area contributed by atoms with Crippen LogP contribution in [0.4, 0.5) is 4.39 Å². The van der Waals surface area contributed by atoms with Crippen LogP contribution in [0.25, 0.3) is 11.3 Å². The number of hydrogen-bond acceptors (Lipinski definition) is 3. The molecule has 0 radical (unpaired) electrons. The van der Waals surface area contributed by atoms with Crippen LogP contribution in [0.5, 0.6) is 0 Å². The number of benzene rings is 1. The van der Waals surface area contributed by atoms with Gasteiger partial charge in [0.15, 0.2) is 0 Å². The minimum atomic E-state index is -0.245. The molecule has 3 N–H and O–H groups in total. The van der Waals surface area contributed by atoms with Gasteiger partial charge in [-0.25, -0.2) is 4.39 Å². The van der Waals surface area contributed by atoms with Crippen molar-refractivity contribution in [3.63, 3.8) is 0 Å². The summed E-state index contributed by atoms with van der Waals surface area (Å²) in [4.78, 5) is 13.7. The molecule has 0 fully saturated rings. The van der Waals surface area contributed by atoms with Gasteiger partial charge in [0.2, 0.25) is 5.91 Å². The molecule has 2 rings (SSSR count). The van der Waals surface area contributed by atoms with Crippen molar-refractivity contribution in [2.24, 2.45) is 5.73 Å². The smallest absolute Gasteiger partial charge is 0.222 e. The Balaban J connectivity index is 0.00000364. The average Bonchev–Trinajstić information content (AvgIpc) is 3.08. The van der Waals surface area contributed by atoms with Crippen molar-refractivity contribution < 1.29 is 9.18 Å². The molecule has 27 heavy (non-hydrogen) atoms. The summed E-state index contributed by atoms with van der Waals surface area (Å²) >= 11 is 0. The number of aromatic amines is 1. The van der Waals surface area contributed by atoms with Gasteiger partial charge in [0.1, 0.15) is 5.82 Å². The first-order valence-electron chi connectivity index (χ1n) is 9.25. The fourth-order valence-electron chi connectivity index (χ4n) is 2.77. The first kappa shape index (κ1) is 23.1. The topological polar surface area (TPSA) is 75.0 Å². The van der Waals surface area contributed by atoms with Crippen molar-refractivity contribution >= 4 is 18.3 Å². The zero-order chi connectivity index (χ0) is 18.9. The molecule has 0 bridgehead atoms. The molecule has 0 spiro atoms. The van der Waals surface area contributed by atoms with Crippen molar-refractivity contribution in [3.05, 3.63) is 41.8 Å². The SMILES string of the molecule is CC(N)CCC(=O)N(C)CCCCCc1cc(-c2ccc(F)cc2)n[nH]1.Cl. The quantitative estimate of drug-likeness (QED) is 0.597. The summed E-state index contributed by atoms with van der Waals surface area (Å²) < 4.78 is 13.0. The van der Waals surface area contributed by atoms with Gasteiger partial charge in [-0.1, -0.05) is 6.42 Å². The van der Waals surface area contributed by atoms with Crippen molar-refractivity contribution in [3.8, 4) is 11.3 Å². The predicted molar refractivity (Wildman–Crippen MR) is 109 cm³/mol. The highest BCUT2D eigenvalue weighted by atomic mass is 35.5. The summed E-state index contributed by atoms with van der Waals surface area (Å²) in [5, 5.41) is 7.33. The zero-order valence-electron chi connectivity index (χ0n) is 16.1. The maximum Gasteiger partial charge on any atom is 0.222 e. The fraction of sp³-hybridized carbons (Fsp3) is 0.500. The van der Waals surface area contributed by atoms with Crippen LogP contribution >= 0.6 is 12.4 Å². The van der Waals surface area contributed by atoms with Crippen molar-refractivity contribution in [2.45, 2.75) is 51.5 Å². The average molecular weight is 397 g/mol. The number of amides is 1. The molecule has 0 saturated heterocycles. The highest BCUT2D eigenvalue weighted by Gasteiger charge is 2.09. The Morgan fingerprint density at radius 3 is 2.63 bits per heavy atom. The van der Waals surface area contributed by atoms with E-state index in [4.69, 9.17) is 5.73 Å². The van der Waals surface area contributed by atoms with E-state index in [1.165, 1.54) is 12.1 Å². The molecule has 1 aromatic carbocycles. The van der Waals surface area contributed by atoms with Crippen LogP contribution in [-0.4, -0.2) is 40.6 Å². The van der Waals surface area contributed by atoms with E-state index in [2.05, 4.69) is 10.2 Å². The second-order valence-corrected chi connectivity index (χ2v) is 6.93. The normalized spacial score (nSPS) is 11.7. The van der Waals surface area contributed by atoms with E-state index in [9.17, 15) is 9.18 Å². The summed E-state index contributed by atoms with van der Waals surface area (Å²) in [7, 11) is 1.85. The third kappa shape index (κ3) is 8.10. The van der Waals surface area contributed by atoms with Crippen LogP contribution in [0.1, 0.15) is 44.7 Å². The molecule has 5 nitrogen and oxygen atoms in total.